The smallest absolute Gasteiger partial charge is 0.128 e. The zero-order valence-corrected chi connectivity index (χ0v) is 10.7. The van der Waals surface area contributed by atoms with Gasteiger partial charge in [0.25, 0.3) is 0 Å². The highest BCUT2D eigenvalue weighted by atomic mass is 16.5. The molecule has 6 heteroatoms. The number of nitrogens with zero attached hydrogens (tertiary/aromatic N) is 5. The third kappa shape index (κ3) is 3.12. The molecule has 1 aromatic heterocycles. The maximum atomic E-state index is 8.32. The van der Waals surface area contributed by atoms with Crippen LogP contribution in [0.3, 0.4) is 0 Å². The first-order valence-electron chi connectivity index (χ1n) is 6.06. The Kier molecular flexibility index (Phi) is 4.02. The molecule has 0 saturated carbocycles. The molecule has 1 aliphatic heterocycles. The molecule has 6 nitrogen and oxygen atoms in total. The van der Waals surface area contributed by atoms with Gasteiger partial charge in [0.2, 0.25) is 0 Å². The van der Waals surface area contributed by atoms with Crippen LogP contribution in [0.25, 0.3) is 10.4 Å². The summed E-state index contributed by atoms with van der Waals surface area (Å²) in [5.74, 6) is 0.919. The van der Waals surface area contributed by atoms with Gasteiger partial charge in [0, 0.05) is 23.7 Å². The minimum absolute atomic E-state index is 0.205. The highest BCUT2D eigenvalue weighted by Gasteiger charge is 2.23. The van der Waals surface area contributed by atoms with Crippen molar-refractivity contribution in [2.45, 2.75) is 32.6 Å². The van der Waals surface area contributed by atoms with Crippen molar-refractivity contribution in [2.24, 2.45) is 5.11 Å². The van der Waals surface area contributed by atoms with Crippen LogP contribution in [0.4, 0.5) is 5.82 Å². The summed E-state index contributed by atoms with van der Waals surface area (Å²) in [5.41, 5.74) is 9.11. The van der Waals surface area contributed by atoms with E-state index in [4.69, 9.17) is 10.3 Å². The first kappa shape index (κ1) is 12.7. The summed E-state index contributed by atoms with van der Waals surface area (Å²) in [4.78, 5) is 9.46. The molecule has 0 radical (unpaired) electrons. The minimum atomic E-state index is 0.205. The number of aromatic nitrogens is 1. The average molecular weight is 247 g/mol. The van der Waals surface area contributed by atoms with Crippen LogP contribution in [0, 0.1) is 0 Å². The molecule has 96 valence electrons. The van der Waals surface area contributed by atoms with Crippen LogP contribution in [0.1, 0.15) is 19.5 Å². The summed E-state index contributed by atoms with van der Waals surface area (Å²) in [6.45, 7) is 6.09. The van der Waals surface area contributed by atoms with Crippen LogP contribution in [0.5, 0.6) is 0 Å². The van der Waals surface area contributed by atoms with Gasteiger partial charge in [0.1, 0.15) is 5.82 Å². The van der Waals surface area contributed by atoms with Crippen LogP contribution in [0.15, 0.2) is 23.3 Å². The molecule has 2 heterocycles. The Morgan fingerprint density at radius 1 is 1.44 bits per heavy atom. The number of ether oxygens (including phenoxy) is 1. The van der Waals surface area contributed by atoms with E-state index in [0.29, 0.717) is 6.54 Å². The Morgan fingerprint density at radius 2 is 2.17 bits per heavy atom. The van der Waals surface area contributed by atoms with Gasteiger partial charge < -0.3 is 9.64 Å². The summed E-state index contributed by atoms with van der Waals surface area (Å²) in [7, 11) is 0. The predicted octanol–water partition coefficient (Wildman–Crippen LogP) is 2.51. The van der Waals surface area contributed by atoms with Crippen LogP contribution in [-0.4, -0.2) is 30.3 Å². The van der Waals surface area contributed by atoms with E-state index in [1.54, 1.807) is 0 Å². The van der Waals surface area contributed by atoms with E-state index < -0.39 is 0 Å². The molecule has 0 aliphatic carbocycles. The molecule has 1 aromatic rings. The van der Waals surface area contributed by atoms with Crippen molar-refractivity contribution in [1.82, 2.24) is 4.98 Å². The van der Waals surface area contributed by atoms with E-state index in [9.17, 15) is 0 Å². The van der Waals surface area contributed by atoms with Gasteiger partial charge in [-0.3, -0.25) is 0 Å². The molecule has 0 amide bonds. The number of pyridine rings is 1. The topological polar surface area (TPSA) is 74.1 Å². The normalized spacial score (nSPS) is 23.6. The quantitative estimate of drug-likeness (QED) is 0.468. The van der Waals surface area contributed by atoms with Gasteiger partial charge in [-0.1, -0.05) is 11.2 Å². The van der Waals surface area contributed by atoms with Gasteiger partial charge in [0.05, 0.1) is 18.8 Å². The van der Waals surface area contributed by atoms with E-state index in [2.05, 4.69) is 33.8 Å². The van der Waals surface area contributed by atoms with Gasteiger partial charge in [-0.25, -0.2) is 4.98 Å². The predicted molar refractivity (Wildman–Crippen MR) is 69.3 cm³/mol. The van der Waals surface area contributed by atoms with Gasteiger partial charge in [-0.2, -0.15) is 0 Å². The molecule has 0 aromatic carbocycles. The second-order valence-electron chi connectivity index (χ2n) is 4.54. The molecule has 1 saturated heterocycles. The SMILES string of the molecule is C[C@@H]1CN(c2cccc(CN=[N+]=[N-])n2)C[C@H](C)O1. The Bertz CT molecular complexity index is 448. The lowest BCUT2D eigenvalue weighted by molar-refractivity contribution is -0.00546. The Labute approximate surface area is 106 Å². The van der Waals surface area contributed by atoms with E-state index >= 15 is 0 Å². The van der Waals surface area contributed by atoms with Crippen molar-refractivity contribution in [3.63, 3.8) is 0 Å². The first-order chi connectivity index (χ1) is 8.69. The first-order valence-corrected chi connectivity index (χ1v) is 6.06. The zero-order chi connectivity index (χ0) is 13.0. The number of anilines is 1. The molecular formula is C12H17N5O. The zero-order valence-electron chi connectivity index (χ0n) is 10.7. The van der Waals surface area contributed by atoms with Gasteiger partial charge in [-0.15, -0.1) is 0 Å². The van der Waals surface area contributed by atoms with Gasteiger partial charge >= 0.3 is 0 Å². The number of hydrogen-bond acceptors (Lipinski definition) is 4. The molecule has 18 heavy (non-hydrogen) atoms. The number of hydrogen-bond donors (Lipinski definition) is 0. The van der Waals surface area contributed by atoms with Crippen molar-refractivity contribution in [3.8, 4) is 0 Å². The average Bonchev–Trinajstić information content (AvgIpc) is 2.35. The summed E-state index contributed by atoms with van der Waals surface area (Å²) >= 11 is 0. The maximum absolute atomic E-state index is 8.32. The number of azide groups is 1. The molecule has 2 atom stereocenters. The summed E-state index contributed by atoms with van der Waals surface area (Å²) in [5, 5.41) is 3.53. The summed E-state index contributed by atoms with van der Waals surface area (Å²) in [6, 6.07) is 5.78. The van der Waals surface area contributed by atoms with Crippen LogP contribution < -0.4 is 4.90 Å². The van der Waals surface area contributed by atoms with Crippen LogP contribution in [0.2, 0.25) is 0 Å². The molecular weight excluding hydrogens is 230 g/mol. The fraction of sp³-hybridized carbons (Fsp3) is 0.583. The van der Waals surface area contributed by atoms with Crippen molar-refractivity contribution < 1.29 is 4.74 Å². The largest absolute Gasteiger partial charge is 0.372 e. The summed E-state index contributed by atoms with van der Waals surface area (Å²) < 4.78 is 5.70. The molecule has 0 spiro atoms. The Balaban J connectivity index is 2.14. The third-order valence-corrected chi connectivity index (χ3v) is 2.83. The van der Waals surface area contributed by atoms with E-state index in [0.717, 1.165) is 24.6 Å². The molecule has 1 aliphatic rings. The van der Waals surface area contributed by atoms with Gasteiger partial charge in [0.15, 0.2) is 0 Å². The molecule has 2 rings (SSSR count). The fourth-order valence-corrected chi connectivity index (χ4v) is 2.20. The van der Waals surface area contributed by atoms with Crippen molar-refractivity contribution in [1.29, 1.82) is 0 Å². The molecule has 0 N–H and O–H groups in total. The standard InChI is InChI=1S/C12H17N5O/c1-9-7-17(8-10(2)18-9)12-5-3-4-11(15-12)6-14-16-13/h3-5,9-10H,6-8H2,1-2H3/t9-,10+. The van der Waals surface area contributed by atoms with E-state index in [1.807, 2.05) is 18.2 Å². The van der Waals surface area contributed by atoms with E-state index in [-0.39, 0.29) is 12.2 Å². The monoisotopic (exact) mass is 247 g/mol. The van der Waals surface area contributed by atoms with Crippen LogP contribution in [-0.2, 0) is 11.3 Å². The molecule has 0 unspecified atom stereocenters. The minimum Gasteiger partial charge on any atom is -0.372 e. The molecule has 0 bridgehead atoms. The lowest BCUT2D eigenvalue weighted by Crippen LogP contribution is -2.45. The van der Waals surface area contributed by atoms with Crippen molar-refractivity contribution in [2.75, 3.05) is 18.0 Å². The maximum Gasteiger partial charge on any atom is 0.128 e. The summed E-state index contributed by atoms with van der Waals surface area (Å²) in [6.07, 6.45) is 0.410. The van der Waals surface area contributed by atoms with Crippen molar-refractivity contribution in [3.05, 3.63) is 34.3 Å². The van der Waals surface area contributed by atoms with Gasteiger partial charge in [-0.05, 0) is 31.5 Å². The highest BCUT2D eigenvalue weighted by Crippen LogP contribution is 2.18. The molecule has 1 fully saturated rings. The third-order valence-electron chi connectivity index (χ3n) is 2.83. The number of rotatable bonds is 3. The number of morpholine rings is 1. The highest BCUT2D eigenvalue weighted by molar-refractivity contribution is 5.40. The fourth-order valence-electron chi connectivity index (χ4n) is 2.20. The van der Waals surface area contributed by atoms with E-state index in [1.165, 1.54) is 0 Å². The second kappa shape index (κ2) is 5.71. The lowest BCUT2D eigenvalue weighted by Gasteiger charge is -2.36. The Morgan fingerprint density at radius 3 is 2.83 bits per heavy atom. The van der Waals surface area contributed by atoms with Crippen LogP contribution >= 0.6 is 0 Å². The lowest BCUT2D eigenvalue weighted by atomic mass is 10.2. The second-order valence-corrected chi connectivity index (χ2v) is 4.54. The van der Waals surface area contributed by atoms with Crippen molar-refractivity contribution >= 4 is 5.82 Å². The Hall–Kier alpha value is -1.78.